The van der Waals surface area contributed by atoms with Crippen LogP contribution in [-0.4, -0.2) is 19.8 Å². The molecule has 2 aliphatic rings. The van der Waals surface area contributed by atoms with E-state index in [9.17, 15) is 4.39 Å². The number of hydrogen-bond donors (Lipinski definition) is 1. The number of ether oxygens (including phenoxy) is 2. The Kier molecular flexibility index (Phi) is 4.06. The summed E-state index contributed by atoms with van der Waals surface area (Å²) in [4.78, 5) is 0. The number of alkyl halides is 1. The van der Waals surface area contributed by atoms with Crippen molar-refractivity contribution in [2.75, 3.05) is 19.8 Å². The second kappa shape index (κ2) is 5.73. The van der Waals surface area contributed by atoms with Crippen molar-refractivity contribution in [3.8, 4) is 11.5 Å². The van der Waals surface area contributed by atoms with E-state index in [1.165, 1.54) is 0 Å². The Morgan fingerprint density at radius 2 is 1.68 bits per heavy atom. The molecule has 4 heteroatoms. The normalized spacial score (nSPS) is 20.7. The largest absolute Gasteiger partial charge is 0.490 e. The fourth-order valence-electron chi connectivity index (χ4n) is 3.77. The van der Waals surface area contributed by atoms with Crippen molar-refractivity contribution in [2.45, 2.75) is 57.0 Å². The minimum atomic E-state index is -1.43. The molecular weight excluding hydrogens is 281 g/mol. The van der Waals surface area contributed by atoms with E-state index in [4.69, 9.17) is 15.2 Å². The van der Waals surface area contributed by atoms with Gasteiger partial charge in [0.05, 0.1) is 13.2 Å². The molecule has 1 heterocycles. The molecule has 0 amide bonds. The monoisotopic (exact) mass is 307 g/mol. The van der Waals surface area contributed by atoms with Gasteiger partial charge in [-0.15, -0.1) is 0 Å². The molecule has 3 rings (SSSR count). The van der Waals surface area contributed by atoms with E-state index in [2.05, 4.69) is 0 Å². The smallest absolute Gasteiger partial charge is 0.161 e. The second-order valence-electron chi connectivity index (χ2n) is 7.06. The van der Waals surface area contributed by atoms with Gasteiger partial charge in [0.25, 0.3) is 0 Å². The Morgan fingerprint density at radius 3 is 2.23 bits per heavy atom. The Morgan fingerprint density at radius 1 is 1.09 bits per heavy atom. The molecule has 0 saturated heterocycles. The van der Waals surface area contributed by atoms with E-state index in [0.29, 0.717) is 31.1 Å². The quantitative estimate of drug-likeness (QED) is 0.923. The Labute approximate surface area is 132 Å². The molecular formula is C18H26FNO2. The molecule has 2 N–H and O–H groups in total. The highest BCUT2D eigenvalue weighted by Gasteiger charge is 2.40. The van der Waals surface area contributed by atoms with Crippen molar-refractivity contribution < 1.29 is 13.9 Å². The summed E-state index contributed by atoms with van der Waals surface area (Å²) in [6.07, 6.45) is 5.19. The zero-order chi connectivity index (χ0) is 15.8. The molecule has 122 valence electrons. The Balaban J connectivity index is 2.16. The average molecular weight is 307 g/mol. The lowest BCUT2D eigenvalue weighted by molar-refractivity contribution is 0.214. The summed E-state index contributed by atoms with van der Waals surface area (Å²) in [6.45, 7) is 5.01. The Hall–Kier alpha value is -1.29. The van der Waals surface area contributed by atoms with E-state index >= 15 is 0 Å². The molecule has 1 aromatic rings. The standard InChI is InChI=1S/C18H26FNO2/c1-17(2,19)13-10-15-16(22-9-5-8-21-15)11-14(13)18(12-20)6-3-4-7-18/h10-11H,3-9,12,20H2,1-2H3. The van der Waals surface area contributed by atoms with Gasteiger partial charge in [-0.2, -0.15) is 0 Å². The lowest BCUT2D eigenvalue weighted by Crippen LogP contribution is -2.34. The van der Waals surface area contributed by atoms with E-state index in [0.717, 1.165) is 43.4 Å². The maximum Gasteiger partial charge on any atom is 0.161 e. The van der Waals surface area contributed by atoms with Gasteiger partial charge in [0.15, 0.2) is 11.5 Å². The maximum absolute atomic E-state index is 14.9. The molecule has 0 spiro atoms. The maximum atomic E-state index is 14.9. The van der Waals surface area contributed by atoms with Crippen LogP contribution < -0.4 is 15.2 Å². The van der Waals surface area contributed by atoms with Gasteiger partial charge in [-0.1, -0.05) is 12.8 Å². The van der Waals surface area contributed by atoms with E-state index in [-0.39, 0.29) is 5.41 Å². The predicted octanol–water partition coefficient (Wildman–Crippen LogP) is 3.82. The summed E-state index contributed by atoms with van der Waals surface area (Å²) in [7, 11) is 0. The van der Waals surface area contributed by atoms with Crippen LogP contribution in [0.3, 0.4) is 0 Å². The van der Waals surface area contributed by atoms with Crippen molar-refractivity contribution in [2.24, 2.45) is 5.73 Å². The van der Waals surface area contributed by atoms with Crippen LogP contribution in [0.5, 0.6) is 11.5 Å². The number of fused-ring (bicyclic) bond motifs is 1. The molecule has 0 bridgehead atoms. The highest BCUT2D eigenvalue weighted by atomic mass is 19.1. The topological polar surface area (TPSA) is 44.5 Å². The fraction of sp³-hybridized carbons (Fsp3) is 0.667. The van der Waals surface area contributed by atoms with Gasteiger partial charge in [-0.25, -0.2) is 4.39 Å². The number of rotatable bonds is 3. The van der Waals surface area contributed by atoms with Crippen LogP contribution in [0.2, 0.25) is 0 Å². The van der Waals surface area contributed by atoms with E-state index < -0.39 is 5.67 Å². The summed E-state index contributed by atoms with van der Waals surface area (Å²) in [5, 5.41) is 0. The summed E-state index contributed by atoms with van der Waals surface area (Å²) in [5.74, 6) is 1.40. The van der Waals surface area contributed by atoms with Crippen LogP contribution in [0.1, 0.15) is 57.1 Å². The highest BCUT2D eigenvalue weighted by molar-refractivity contribution is 5.52. The Bertz CT molecular complexity index is 545. The van der Waals surface area contributed by atoms with Crippen molar-refractivity contribution in [1.82, 2.24) is 0 Å². The molecule has 0 radical (unpaired) electrons. The van der Waals surface area contributed by atoms with Crippen molar-refractivity contribution >= 4 is 0 Å². The fourth-order valence-corrected chi connectivity index (χ4v) is 3.77. The first-order valence-electron chi connectivity index (χ1n) is 8.30. The third kappa shape index (κ3) is 2.69. The van der Waals surface area contributed by atoms with Gasteiger partial charge in [0.1, 0.15) is 5.67 Å². The third-order valence-electron chi connectivity index (χ3n) is 5.05. The zero-order valence-corrected chi connectivity index (χ0v) is 13.6. The van der Waals surface area contributed by atoms with Crippen LogP contribution >= 0.6 is 0 Å². The summed E-state index contributed by atoms with van der Waals surface area (Å²) < 4.78 is 26.4. The molecule has 3 nitrogen and oxygen atoms in total. The molecule has 0 aromatic heterocycles. The van der Waals surface area contributed by atoms with E-state index in [1.54, 1.807) is 13.8 Å². The van der Waals surface area contributed by atoms with Crippen molar-refractivity contribution in [3.05, 3.63) is 23.3 Å². The minimum Gasteiger partial charge on any atom is -0.490 e. The van der Waals surface area contributed by atoms with Gasteiger partial charge >= 0.3 is 0 Å². The van der Waals surface area contributed by atoms with Crippen LogP contribution in [0, 0.1) is 0 Å². The van der Waals surface area contributed by atoms with Gasteiger partial charge in [0.2, 0.25) is 0 Å². The van der Waals surface area contributed by atoms with Crippen LogP contribution in [0.15, 0.2) is 12.1 Å². The number of halogens is 1. The van der Waals surface area contributed by atoms with Crippen molar-refractivity contribution in [3.63, 3.8) is 0 Å². The summed E-state index contributed by atoms with van der Waals surface area (Å²) >= 11 is 0. The molecule has 0 atom stereocenters. The van der Waals surface area contributed by atoms with Crippen molar-refractivity contribution in [1.29, 1.82) is 0 Å². The van der Waals surface area contributed by atoms with Gasteiger partial charge in [-0.05, 0) is 49.9 Å². The lowest BCUT2D eigenvalue weighted by Gasteiger charge is -2.33. The predicted molar refractivity (Wildman–Crippen MR) is 85.4 cm³/mol. The van der Waals surface area contributed by atoms with Gasteiger partial charge in [0, 0.05) is 18.4 Å². The molecule has 0 unspecified atom stereocenters. The van der Waals surface area contributed by atoms with Crippen LogP contribution in [0.25, 0.3) is 0 Å². The highest BCUT2D eigenvalue weighted by Crippen LogP contribution is 2.48. The molecule has 1 aliphatic heterocycles. The second-order valence-corrected chi connectivity index (χ2v) is 7.06. The first-order valence-corrected chi connectivity index (χ1v) is 8.30. The van der Waals surface area contributed by atoms with Crippen LogP contribution in [-0.2, 0) is 11.1 Å². The molecule has 1 aromatic carbocycles. The minimum absolute atomic E-state index is 0.122. The first-order chi connectivity index (χ1) is 10.5. The zero-order valence-electron chi connectivity index (χ0n) is 13.6. The number of benzene rings is 1. The molecule has 1 saturated carbocycles. The number of nitrogens with two attached hydrogens (primary N) is 1. The van der Waals surface area contributed by atoms with Crippen LogP contribution in [0.4, 0.5) is 4.39 Å². The first kappa shape index (κ1) is 15.6. The number of hydrogen-bond acceptors (Lipinski definition) is 3. The third-order valence-corrected chi connectivity index (χ3v) is 5.05. The average Bonchev–Trinajstić information content (AvgIpc) is 2.85. The molecule has 22 heavy (non-hydrogen) atoms. The summed E-state index contributed by atoms with van der Waals surface area (Å²) in [5.41, 5.74) is 6.29. The molecule has 1 aliphatic carbocycles. The van der Waals surface area contributed by atoms with Gasteiger partial charge in [-0.3, -0.25) is 0 Å². The van der Waals surface area contributed by atoms with E-state index in [1.807, 2.05) is 12.1 Å². The lowest BCUT2D eigenvalue weighted by atomic mass is 9.74. The SMILES string of the molecule is CC(C)(F)c1cc2c(cc1C1(CN)CCCC1)OCCCO2. The molecule has 1 fully saturated rings. The summed E-state index contributed by atoms with van der Waals surface area (Å²) in [6, 6.07) is 3.83. The van der Waals surface area contributed by atoms with Gasteiger partial charge < -0.3 is 15.2 Å².